The molecule has 0 aromatic heterocycles. The molecule has 0 amide bonds. The standard InChI is InChI=1S/C11H20O3/c1-11(2,10(12)13)8-14-7-9-5-3-4-6-9/h9H,3-8H2,1-2H3,(H,12,13). The SMILES string of the molecule is CC(C)(COCC1CCCC1)C(=O)O. The maximum absolute atomic E-state index is 10.8. The number of carboxylic acids is 1. The van der Waals surface area contributed by atoms with Gasteiger partial charge in [-0.1, -0.05) is 12.8 Å². The Morgan fingerprint density at radius 2 is 2.00 bits per heavy atom. The zero-order valence-electron chi connectivity index (χ0n) is 9.08. The number of rotatable bonds is 5. The maximum atomic E-state index is 10.8. The molecule has 0 atom stereocenters. The van der Waals surface area contributed by atoms with Gasteiger partial charge >= 0.3 is 5.97 Å². The minimum Gasteiger partial charge on any atom is -0.481 e. The van der Waals surface area contributed by atoms with Crippen molar-refractivity contribution in [2.45, 2.75) is 39.5 Å². The van der Waals surface area contributed by atoms with Gasteiger partial charge in [0.25, 0.3) is 0 Å². The number of aliphatic carboxylic acids is 1. The number of ether oxygens (including phenoxy) is 1. The summed E-state index contributed by atoms with van der Waals surface area (Å²) in [5.74, 6) is -0.122. The Morgan fingerprint density at radius 3 is 2.50 bits per heavy atom. The van der Waals surface area contributed by atoms with Crippen LogP contribution in [-0.2, 0) is 9.53 Å². The Bertz CT molecular complexity index is 193. The number of carboxylic acid groups (broad SMARTS) is 1. The average Bonchev–Trinajstić information content (AvgIpc) is 2.56. The van der Waals surface area contributed by atoms with E-state index in [9.17, 15) is 4.79 Å². The summed E-state index contributed by atoms with van der Waals surface area (Å²) in [4.78, 5) is 10.8. The molecule has 0 spiro atoms. The van der Waals surface area contributed by atoms with Gasteiger partial charge < -0.3 is 9.84 Å². The highest BCUT2D eigenvalue weighted by molar-refractivity contribution is 5.73. The number of carbonyl (C=O) groups is 1. The van der Waals surface area contributed by atoms with E-state index in [2.05, 4.69) is 0 Å². The van der Waals surface area contributed by atoms with Crippen molar-refractivity contribution in [1.82, 2.24) is 0 Å². The molecular formula is C11H20O3. The molecular weight excluding hydrogens is 180 g/mol. The van der Waals surface area contributed by atoms with Crippen LogP contribution in [0.3, 0.4) is 0 Å². The summed E-state index contributed by atoms with van der Waals surface area (Å²) in [6, 6.07) is 0. The number of hydrogen-bond donors (Lipinski definition) is 1. The molecule has 0 saturated heterocycles. The lowest BCUT2D eigenvalue weighted by molar-refractivity contribution is -0.150. The lowest BCUT2D eigenvalue weighted by Crippen LogP contribution is -2.30. The van der Waals surface area contributed by atoms with Crippen LogP contribution in [-0.4, -0.2) is 24.3 Å². The summed E-state index contributed by atoms with van der Waals surface area (Å²) < 4.78 is 5.46. The lowest BCUT2D eigenvalue weighted by Gasteiger charge is -2.20. The highest BCUT2D eigenvalue weighted by Gasteiger charge is 2.27. The first-order valence-electron chi connectivity index (χ1n) is 5.33. The zero-order chi connectivity index (χ0) is 10.6. The van der Waals surface area contributed by atoms with Crippen LogP contribution in [0.2, 0.25) is 0 Å². The second kappa shape index (κ2) is 4.78. The minimum absolute atomic E-state index is 0.318. The quantitative estimate of drug-likeness (QED) is 0.740. The van der Waals surface area contributed by atoms with Crippen molar-refractivity contribution in [2.24, 2.45) is 11.3 Å². The molecule has 0 radical (unpaired) electrons. The normalized spacial score (nSPS) is 18.7. The summed E-state index contributed by atoms with van der Waals surface area (Å²) in [6.45, 7) is 4.45. The fraction of sp³-hybridized carbons (Fsp3) is 0.909. The van der Waals surface area contributed by atoms with Crippen molar-refractivity contribution < 1.29 is 14.6 Å². The van der Waals surface area contributed by atoms with E-state index in [4.69, 9.17) is 9.84 Å². The second-order valence-corrected chi connectivity index (χ2v) is 4.85. The van der Waals surface area contributed by atoms with Crippen molar-refractivity contribution in [3.05, 3.63) is 0 Å². The van der Waals surface area contributed by atoms with Gasteiger partial charge in [-0.15, -0.1) is 0 Å². The molecule has 1 aliphatic rings. The molecule has 0 heterocycles. The summed E-state index contributed by atoms with van der Waals surface area (Å²) >= 11 is 0. The molecule has 3 heteroatoms. The average molecular weight is 200 g/mol. The Labute approximate surface area is 85.5 Å². The number of hydrogen-bond acceptors (Lipinski definition) is 2. The van der Waals surface area contributed by atoms with E-state index in [1.54, 1.807) is 13.8 Å². The Balaban J connectivity index is 2.16. The van der Waals surface area contributed by atoms with E-state index >= 15 is 0 Å². The van der Waals surface area contributed by atoms with E-state index in [1.807, 2.05) is 0 Å². The van der Waals surface area contributed by atoms with E-state index in [0.29, 0.717) is 12.5 Å². The first-order chi connectivity index (χ1) is 6.52. The summed E-state index contributed by atoms with van der Waals surface area (Å²) in [5, 5.41) is 8.85. The van der Waals surface area contributed by atoms with Crippen LogP contribution < -0.4 is 0 Å². The molecule has 0 aromatic rings. The topological polar surface area (TPSA) is 46.5 Å². The first kappa shape index (κ1) is 11.5. The molecule has 3 nitrogen and oxygen atoms in total. The third kappa shape index (κ3) is 3.29. The molecule has 0 aromatic carbocycles. The third-order valence-corrected chi connectivity index (χ3v) is 2.87. The van der Waals surface area contributed by atoms with Crippen molar-refractivity contribution in [3.8, 4) is 0 Å². The molecule has 0 unspecified atom stereocenters. The molecule has 1 N–H and O–H groups in total. The molecule has 0 bridgehead atoms. The van der Waals surface area contributed by atoms with Gasteiger partial charge in [0.1, 0.15) is 0 Å². The Hall–Kier alpha value is -0.570. The maximum Gasteiger partial charge on any atom is 0.311 e. The van der Waals surface area contributed by atoms with Crippen LogP contribution in [0, 0.1) is 11.3 Å². The van der Waals surface area contributed by atoms with E-state index in [-0.39, 0.29) is 0 Å². The molecule has 0 aliphatic heterocycles. The van der Waals surface area contributed by atoms with Gasteiger partial charge in [0, 0.05) is 6.61 Å². The van der Waals surface area contributed by atoms with Gasteiger partial charge in [0.15, 0.2) is 0 Å². The van der Waals surface area contributed by atoms with Crippen LogP contribution in [0.5, 0.6) is 0 Å². The Kier molecular flexibility index (Phi) is 3.93. The molecule has 1 fully saturated rings. The van der Waals surface area contributed by atoms with Crippen LogP contribution in [0.1, 0.15) is 39.5 Å². The monoisotopic (exact) mass is 200 g/mol. The summed E-state index contributed by atoms with van der Waals surface area (Å²) in [6.07, 6.45) is 5.09. The molecule has 1 rings (SSSR count). The van der Waals surface area contributed by atoms with Gasteiger partial charge in [0.2, 0.25) is 0 Å². The van der Waals surface area contributed by atoms with Gasteiger partial charge in [-0.2, -0.15) is 0 Å². The van der Waals surface area contributed by atoms with E-state index < -0.39 is 11.4 Å². The smallest absolute Gasteiger partial charge is 0.311 e. The molecule has 14 heavy (non-hydrogen) atoms. The highest BCUT2D eigenvalue weighted by Crippen LogP contribution is 2.25. The summed E-state index contributed by atoms with van der Waals surface area (Å²) in [7, 11) is 0. The fourth-order valence-corrected chi connectivity index (χ4v) is 1.72. The highest BCUT2D eigenvalue weighted by atomic mass is 16.5. The van der Waals surface area contributed by atoms with Crippen molar-refractivity contribution in [2.75, 3.05) is 13.2 Å². The van der Waals surface area contributed by atoms with Gasteiger partial charge in [-0.25, -0.2) is 0 Å². The molecule has 1 aliphatic carbocycles. The van der Waals surface area contributed by atoms with Gasteiger partial charge in [-0.05, 0) is 32.6 Å². The predicted octanol–water partition coefficient (Wildman–Crippen LogP) is 2.30. The minimum atomic E-state index is -0.788. The zero-order valence-corrected chi connectivity index (χ0v) is 9.08. The van der Waals surface area contributed by atoms with E-state index in [0.717, 1.165) is 6.61 Å². The summed E-state index contributed by atoms with van der Waals surface area (Å²) in [5.41, 5.74) is -0.751. The van der Waals surface area contributed by atoms with Crippen LogP contribution in [0.15, 0.2) is 0 Å². The fourth-order valence-electron chi connectivity index (χ4n) is 1.72. The van der Waals surface area contributed by atoms with Crippen LogP contribution >= 0.6 is 0 Å². The lowest BCUT2D eigenvalue weighted by atomic mass is 9.95. The third-order valence-electron chi connectivity index (χ3n) is 2.87. The van der Waals surface area contributed by atoms with Crippen molar-refractivity contribution >= 4 is 5.97 Å². The van der Waals surface area contributed by atoms with Crippen LogP contribution in [0.25, 0.3) is 0 Å². The van der Waals surface area contributed by atoms with Gasteiger partial charge in [0.05, 0.1) is 12.0 Å². The van der Waals surface area contributed by atoms with Crippen LogP contribution in [0.4, 0.5) is 0 Å². The second-order valence-electron chi connectivity index (χ2n) is 4.85. The molecule has 1 saturated carbocycles. The van der Waals surface area contributed by atoms with Crippen molar-refractivity contribution in [1.29, 1.82) is 0 Å². The first-order valence-corrected chi connectivity index (χ1v) is 5.33. The molecule has 82 valence electrons. The van der Waals surface area contributed by atoms with Crippen molar-refractivity contribution in [3.63, 3.8) is 0 Å². The Morgan fingerprint density at radius 1 is 1.43 bits per heavy atom. The predicted molar refractivity (Wildman–Crippen MR) is 54.2 cm³/mol. The largest absolute Gasteiger partial charge is 0.481 e. The van der Waals surface area contributed by atoms with Gasteiger partial charge in [-0.3, -0.25) is 4.79 Å². The van der Waals surface area contributed by atoms with E-state index in [1.165, 1.54) is 25.7 Å².